The lowest BCUT2D eigenvalue weighted by molar-refractivity contribution is -0.139. The van der Waals surface area contributed by atoms with E-state index in [4.69, 9.17) is 20.8 Å². The summed E-state index contributed by atoms with van der Waals surface area (Å²) in [5.74, 6) is 0.429. The summed E-state index contributed by atoms with van der Waals surface area (Å²) in [5, 5.41) is 0.0722. The first-order valence-corrected chi connectivity index (χ1v) is 8.28. The highest BCUT2D eigenvalue weighted by molar-refractivity contribution is 6.30. The lowest BCUT2D eigenvalue weighted by Gasteiger charge is -2.39. The van der Waals surface area contributed by atoms with Crippen molar-refractivity contribution in [1.82, 2.24) is 4.90 Å². The van der Waals surface area contributed by atoms with Gasteiger partial charge < -0.3 is 14.1 Å². The smallest absolute Gasteiger partial charge is 0.339 e. The highest BCUT2D eigenvalue weighted by Crippen LogP contribution is 2.20. The van der Waals surface area contributed by atoms with Gasteiger partial charge in [-0.3, -0.25) is 4.79 Å². The second kappa shape index (κ2) is 7.27. The van der Waals surface area contributed by atoms with Crippen LogP contribution in [-0.4, -0.2) is 30.0 Å². The predicted octanol–water partition coefficient (Wildman–Crippen LogP) is 2.96. The molecular formula is C18H17ClFNO4. The molecule has 0 saturated carbocycles. The number of aryl methyl sites for hydroxylation is 2. The van der Waals surface area contributed by atoms with Crippen molar-refractivity contribution in [3.05, 3.63) is 62.9 Å². The summed E-state index contributed by atoms with van der Waals surface area (Å²) in [6.45, 7) is 2.60. The third-order valence-electron chi connectivity index (χ3n) is 3.98. The van der Waals surface area contributed by atoms with Gasteiger partial charge >= 0.3 is 5.63 Å². The van der Waals surface area contributed by atoms with E-state index in [0.29, 0.717) is 37.4 Å². The quantitative estimate of drug-likeness (QED) is 0.817. The monoisotopic (exact) mass is 365 g/mol. The number of carbonyl (C=O) groups is 1. The van der Waals surface area contributed by atoms with Crippen LogP contribution in [0.25, 0.3) is 0 Å². The van der Waals surface area contributed by atoms with Gasteiger partial charge in [0.05, 0.1) is 24.2 Å². The van der Waals surface area contributed by atoms with Crippen LogP contribution in [0, 0.1) is 12.7 Å². The van der Waals surface area contributed by atoms with Crippen molar-refractivity contribution >= 4 is 17.5 Å². The van der Waals surface area contributed by atoms with Crippen molar-refractivity contribution in [3.63, 3.8) is 0 Å². The molecular weight excluding hydrogens is 349 g/mol. The van der Waals surface area contributed by atoms with Crippen LogP contribution in [-0.2, 0) is 11.2 Å². The first-order valence-electron chi connectivity index (χ1n) is 7.91. The summed E-state index contributed by atoms with van der Waals surface area (Å²) < 4.78 is 23.9. The first kappa shape index (κ1) is 17.5. The SMILES string of the molecule is Cc1cc(OC2CN(C(=O)CCc3ccc(Cl)c(F)c3)C2)cc(=O)o1. The molecule has 0 aliphatic carbocycles. The molecule has 0 unspecified atom stereocenters. The third-order valence-corrected chi connectivity index (χ3v) is 4.29. The molecule has 0 bridgehead atoms. The second-order valence-electron chi connectivity index (χ2n) is 6.01. The van der Waals surface area contributed by atoms with Gasteiger partial charge in [0.25, 0.3) is 0 Å². The maximum absolute atomic E-state index is 13.4. The van der Waals surface area contributed by atoms with Gasteiger partial charge in [0, 0.05) is 12.5 Å². The molecule has 1 aliphatic rings. The van der Waals surface area contributed by atoms with Crippen molar-refractivity contribution in [2.45, 2.75) is 25.9 Å². The average Bonchev–Trinajstić information content (AvgIpc) is 2.50. The summed E-state index contributed by atoms with van der Waals surface area (Å²) in [6.07, 6.45) is 0.605. The number of rotatable bonds is 5. The molecule has 1 aromatic carbocycles. The van der Waals surface area contributed by atoms with E-state index < -0.39 is 11.4 Å². The van der Waals surface area contributed by atoms with Crippen LogP contribution in [0.2, 0.25) is 5.02 Å². The minimum absolute atomic E-state index is 0.0148. The van der Waals surface area contributed by atoms with E-state index in [1.165, 1.54) is 18.2 Å². The highest BCUT2D eigenvalue weighted by atomic mass is 35.5. The first-order chi connectivity index (χ1) is 11.9. The summed E-state index contributed by atoms with van der Waals surface area (Å²) in [6, 6.07) is 7.47. The Hall–Kier alpha value is -2.34. The topological polar surface area (TPSA) is 59.8 Å². The number of ether oxygens (including phenoxy) is 1. The molecule has 7 heteroatoms. The summed E-state index contributed by atoms with van der Waals surface area (Å²) in [5.41, 5.74) is 0.271. The van der Waals surface area contributed by atoms with Crippen LogP contribution in [0.4, 0.5) is 4.39 Å². The van der Waals surface area contributed by atoms with Crippen molar-refractivity contribution in [1.29, 1.82) is 0 Å². The van der Waals surface area contributed by atoms with Crippen LogP contribution in [0.5, 0.6) is 5.75 Å². The molecule has 132 valence electrons. The standard InChI is InChI=1S/C18H17ClFNO4/c1-11-6-13(8-18(23)24-11)25-14-9-21(10-14)17(22)5-3-12-2-4-15(19)16(20)7-12/h2,4,6-8,14H,3,5,9-10H2,1H3. The summed E-state index contributed by atoms with van der Waals surface area (Å²) in [4.78, 5) is 25.1. The molecule has 1 aliphatic heterocycles. The fraction of sp³-hybridized carbons (Fsp3) is 0.333. The Morgan fingerprint density at radius 2 is 2.12 bits per heavy atom. The number of carbonyl (C=O) groups excluding carboxylic acids is 1. The minimum Gasteiger partial charge on any atom is -0.486 e. The van der Waals surface area contributed by atoms with Gasteiger partial charge in [-0.2, -0.15) is 0 Å². The predicted molar refractivity (Wildman–Crippen MR) is 90.4 cm³/mol. The number of nitrogens with zero attached hydrogens (tertiary/aromatic N) is 1. The lowest BCUT2D eigenvalue weighted by Crippen LogP contribution is -2.56. The maximum Gasteiger partial charge on any atom is 0.339 e. The van der Waals surface area contributed by atoms with E-state index >= 15 is 0 Å². The molecule has 25 heavy (non-hydrogen) atoms. The normalized spacial score (nSPS) is 14.3. The zero-order chi connectivity index (χ0) is 18.0. The summed E-state index contributed by atoms with van der Waals surface area (Å²) >= 11 is 5.64. The number of amides is 1. The molecule has 1 aromatic heterocycles. The molecule has 5 nitrogen and oxygen atoms in total. The fourth-order valence-electron chi connectivity index (χ4n) is 2.66. The van der Waals surface area contributed by atoms with Crippen LogP contribution in [0.3, 0.4) is 0 Å². The molecule has 0 atom stereocenters. The summed E-state index contributed by atoms with van der Waals surface area (Å²) in [7, 11) is 0. The van der Waals surface area contributed by atoms with E-state index in [2.05, 4.69) is 0 Å². The second-order valence-corrected chi connectivity index (χ2v) is 6.42. The molecule has 2 heterocycles. The molecule has 0 N–H and O–H groups in total. The van der Waals surface area contributed by atoms with E-state index in [1.54, 1.807) is 24.0 Å². The number of hydrogen-bond acceptors (Lipinski definition) is 4. The van der Waals surface area contributed by atoms with Crippen LogP contribution in [0.15, 0.2) is 39.5 Å². The highest BCUT2D eigenvalue weighted by Gasteiger charge is 2.32. The van der Waals surface area contributed by atoms with E-state index in [1.807, 2.05) is 0 Å². The molecule has 0 spiro atoms. The number of halogens is 2. The Kier molecular flexibility index (Phi) is 5.08. The molecule has 2 aromatic rings. The Morgan fingerprint density at radius 3 is 2.80 bits per heavy atom. The largest absolute Gasteiger partial charge is 0.486 e. The van der Waals surface area contributed by atoms with Crippen LogP contribution in [0.1, 0.15) is 17.7 Å². The van der Waals surface area contributed by atoms with Crippen molar-refractivity contribution < 1.29 is 18.3 Å². The minimum atomic E-state index is -0.480. The van der Waals surface area contributed by atoms with E-state index in [9.17, 15) is 14.0 Å². The number of hydrogen-bond donors (Lipinski definition) is 0. The molecule has 0 radical (unpaired) electrons. The van der Waals surface area contributed by atoms with Gasteiger partial charge in [-0.25, -0.2) is 9.18 Å². The Morgan fingerprint density at radius 1 is 1.36 bits per heavy atom. The molecule has 1 fully saturated rings. The lowest BCUT2D eigenvalue weighted by atomic mass is 10.1. The Balaban J connectivity index is 1.46. The van der Waals surface area contributed by atoms with E-state index in [0.717, 1.165) is 5.56 Å². The van der Waals surface area contributed by atoms with Gasteiger partial charge in [0.1, 0.15) is 23.4 Å². The number of benzene rings is 1. The van der Waals surface area contributed by atoms with Gasteiger partial charge in [0.2, 0.25) is 5.91 Å². The zero-order valence-corrected chi connectivity index (χ0v) is 14.4. The molecule has 3 rings (SSSR count). The van der Waals surface area contributed by atoms with Gasteiger partial charge in [-0.15, -0.1) is 0 Å². The van der Waals surface area contributed by atoms with Gasteiger partial charge in [-0.1, -0.05) is 17.7 Å². The van der Waals surface area contributed by atoms with Gasteiger partial charge in [-0.05, 0) is 31.0 Å². The molecule has 1 saturated heterocycles. The van der Waals surface area contributed by atoms with Crippen molar-refractivity contribution in [2.75, 3.05) is 13.1 Å². The van der Waals surface area contributed by atoms with E-state index in [-0.39, 0.29) is 17.0 Å². The Labute approximate surface area is 149 Å². The Bertz CT molecular complexity index is 845. The van der Waals surface area contributed by atoms with Crippen molar-refractivity contribution in [2.24, 2.45) is 0 Å². The van der Waals surface area contributed by atoms with Crippen LogP contribution >= 0.6 is 11.6 Å². The number of likely N-dealkylation sites (tertiary alicyclic amines) is 1. The van der Waals surface area contributed by atoms with Gasteiger partial charge in [0.15, 0.2) is 0 Å². The van der Waals surface area contributed by atoms with Crippen molar-refractivity contribution in [3.8, 4) is 5.75 Å². The zero-order valence-electron chi connectivity index (χ0n) is 13.6. The average molecular weight is 366 g/mol. The third kappa shape index (κ3) is 4.39. The molecule has 1 amide bonds. The maximum atomic E-state index is 13.4. The van der Waals surface area contributed by atoms with Crippen LogP contribution < -0.4 is 10.4 Å². The fourth-order valence-corrected chi connectivity index (χ4v) is 2.77.